The molecule has 18 heavy (non-hydrogen) atoms. The lowest BCUT2D eigenvalue weighted by molar-refractivity contribution is -0.140. The summed E-state index contributed by atoms with van der Waals surface area (Å²) in [5, 5.41) is -1.24. The van der Waals surface area contributed by atoms with Crippen molar-refractivity contribution >= 4 is 16.8 Å². The molecule has 0 atom stereocenters. The highest BCUT2D eigenvalue weighted by molar-refractivity contribution is 6.67. The molecule has 3 nitrogen and oxygen atoms in total. The minimum absolute atomic E-state index is 0.564. The van der Waals surface area contributed by atoms with Crippen molar-refractivity contribution in [2.24, 2.45) is 5.73 Å². The van der Waals surface area contributed by atoms with E-state index in [-0.39, 0.29) is 0 Å². The molecule has 0 spiro atoms. The maximum atomic E-state index is 12.7. The van der Waals surface area contributed by atoms with E-state index in [1.807, 2.05) is 0 Å². The standard InChI is InChI=1S/C9H6ClF5N2O/c10-7(18)4-2-17-6(8(11)12)5(3(4)1-16)9(13,14)15/h2,8H,1,16H2. The predicted octanol–water partition coefficient (Wildman–Crippen LogP) is 2.88. The molecular formula is C9H6ClF5N2O. The van der Waals surface area contributed by atoms with Crippen molar-refractivity contribution in [3.63, 3.8) is 0 Å². The average molecular weight is 289 g/mol. The lowest BCUT2D eigenvalue weighted by Gasteiger charge is -2.17. The highest BCUT2D eigenvalue weighted by Crippen LogP contribution is 2.38. The van der Waals surface area contributed by atoms with E-state index in [0.29, 0.717) is 6.20 Å². The van der Waals surface area contributed by atoms with Gasteiger partial charge in [-0.05, 0) is 17.2 Å². The Balaban J connectivity index is 3.67. The minimum atomic E-state index is -5.10. The van der Waals surface area contributed by atoms with Crippen molar-refractivity contribution in [1.29, 1.82) is 0 Å². The number of hydrogen-bond donors (Lipinski definition) is 1. The Kier molecular flexibility index (Phi) is 4.23. The number of aromatic nitrogens is 1. The zero-order valence-electron chi connectivity index (χ0n) is 8.56. The van der Waals surface area contributed by atoms with E-state index in [1.165, 1.54) is 0 Å². The second-order valence-electron chi connectivity index (χ2n) is 3.19. The van der Waals surface area contributed by atoms with Crippen molar-refractivity contribution in [1.82, 2.24) is 4.98 Å². The highest BCUT2D eigenvalue weighted by Gasteiger charge is 2.40. The average Bonchev–Trinajstić information content (AvgIpc) is 2.25. The van der Waals surface area contributed by atoms with Gasteiger partial charge in [-0.25, -0.2) is 8.78 Å². The first-order valence-electron chi connectivity index (χ1n) is 4.47. The van der Waals surface area contributed by atoms with Crippen molar-refractivity contribution in [3.05, 3.63) is 28.6 Å². The van der Waals surface area contributed by atoms with Crippen LogP contribution in [0.1, 0.15) is 33.6 Å². The first-order valence-corrected chi connectivity index (χ1v) is 4.85. The van der Waals surface area contributed by atoms with E-state index in [1.54, 1.807) is 0 Å². The van der Waals surface area contributed by atoms with Crippen molar-refractivity contribution in [2.45, 2.75) is 19.1 Å². The van der Waals surface area contributed by atoms with Gasteiger partial charge in [0.2, 0.25) is 0 Å². The Morgan fingerprint density at radius 3 is 2.33 bits per heavy atom. The molecule has 0 aliphatic carbocycles. The summed E-state index contributed by atoms with van der Waals surface area (Å²) in [4.78, 5) is 13.8. The third-order valence-corrected chi connectivity index (χ3v) is 2.33. The molecule has 9 heteroatoms. The van der Waals surface area contributed by atoms with Crippen LogP contribution in [0.5, 0.6) is 0 Å². The van der Waals surface area contributed by atoms with Gasteiger partial charge < -0.3 is 5.73 Å². The van der Waals surface area contributed by atoms with E-state index < -0.39 is 46.8 Å². The van der Waals surface area contributed by atoms with Crippen molar-refractivity contribution in [3.8, 4) is 0 Å². The molecule has 2 N–H and O–H groups in total. The van der Waals surface area contributed by atoms with Gasteiger partial charge >= 0.3 is 6.18 Å². The zero-order chi connectivity index (χ0) is 14.1. The molecule has 0 radical (unpaired) electrons. The van der Waals surface area contributed by atoms with Crippen molar-refractivity contribution in [2.75, 3.05) is 0 Å². The Bertz CT molecular complexity index is 475. The lowest BCUT2D eigenvalue weighted by Crippen LogP contribution is -2.20. The van der Waals surface area contributed by atoms with Gasteiger partial charge in [0.25, 0.3) is 11.7 Å². The fourth-order valence-corrected chi connectivity index (χ4v) is 1.59. The summed E-state index contributed by atoms with van der Waals surface area (Å²) in [6.45, 7) is -0.759. The topological polar surface area (TPSA) is 56.0 Å². The van der Waals surface area contributed by atoms with E-state index in [2.05, 4.69) is 4.98 Å². The Labute approximate surface area is 103 Å². The van der Waals surface area contributed by atoms with Crippen LogP contribution in [0.4, 0.5) is 22.0 Å². The van der Waals surface area contributed by atoms with Gasteiger partial charge in [-0.2, -0.15) is 13.2 Å². The molecule has 0 aromatic carbocycles. The van der Waals surface area contributed by atoms with Gasteiger partial charge in [0.05, 0.1) is 11.1 Å². The summed E-state index contributed by atoms with van der Waals surface area (Å²) in [6, 6.07) is 0. The lowest BCUT2D eigenvalue weighted by atomic mass is 10.0. The van der Waals surface area contributed by atoms with Gasteiger partial charge in [-0.15, -0.1) is 0 Å². The number of halogens is 6. The third-order valence-electron chi connectivity index (χ3n) is 2.12. The van der Waals surface area contributed by atoms with Crippen molar-refractivity contribution < 1.29 is 26.7 Å². The fourth-order valence-electron chi connectivity index (χ4n) is 1.43. The first kappa shape index (κ1) is 14.8. The molecular weight excluding hydrogens is 283 g/mol. The molecule has 0 saturated heterocycles. The number of carbonyl (C=O) groups excluding carboxylic acids is 1. The number of nitrogens with two attached hydrogens (primary N) is 1. The number of alkyl halides is 5. The smallest absolute Gasteiger partial charge is 0.326 e. The molecule has 0 bridgehead atoms. The second-order valence-corrected chi connectivity index (χ2v) is 3.53. The quantitative estimate of drug-likeness (QED) is 0.687. The van der Waals surface area contributed by atoms with Crippen LogP contribution < -0.4 is 5.73 Å². The number of carbonyl (C=O) groups is 1. The number of rotatable bonds is 3. The third kappa shape index (κ3) is 2.75. The molecule has 1 aromatic heterocycles. The van der Waals surface area contributed by atoms with E-state index in [0.717, 1.165) is 0 Å². The van der Waals surface area contributed by atoms with Crippen LogP contribution in [0.2, 0.25) is 0 Å². The van der Waals surface area contributed by atoms with Gasteiger partial charge in [-0.3, -0.25) is 9.78 Å². The summed E-state index contributed by atoms with van der Waals surface area (Å²) in [7, 11) is 0. The zero-order valence-corrected chi connectivity index (χ0v) is 9.32. The first-order chi connectivity index (χ1) is 8.20. The molecule has 0 saturated carbocycles. The molecule has 0 aliphatic rings. The molecule has 0 aliphatic heterocycles. The summed E-state index contributed by atoms with van der Waals surface area (Å²) >= 11 is 5.05. The van der Waals surface area contributed by atoms with Gasteiger partial charge in [-0.1, -0.05) is 0 Å². The molecule has 1 rings (SSSR count). The van der Waals surface area contributed by atoms with Crippen LogP contribution in [0.3, 0.4) is 0 Å². The highest BCUT2D eigenvalue weighted by atomic mass is 35.5. The van der Waals surface area contributed by atoms with Gasteiger partial charge in [0, 0.05) is 12.7 Å². The Hall–Kier alpha value is -1.28. The number of nitrogens with zero attached hydrogens (tertiary/aromatic N) is 1. The normalized spacial score (nSPS) is 12.0. The van der Waals surface area contributed by atoms with Crippen LogP contribution in [0.15, 0.2) is 6.20 Å². The molecule has 0 amide bonds. The van der Waals surface area contributed by atoms with Gasteiger partial charge in [0.15, 0.2) is 0 Å². The molecule has 100 valence electrons. The molecule has 1 aromatic rings. The fraction of sp³-hybridized carbons (Fsp3) is 0.333. The number of hydrogen-bond acceptors (Lipinski definition) is 3. The minimum Gasteiger partial charge on any atom is -0.326 e. The van der Waals surface area contributed by atoms with Crippen LogP contribution in [-0.4, -0.2) is 10.2 Å². The van der Waals surface area contributed by atoms with Crippen LogP contribution in [0.25, 0.3) is 0 Å². The van der Waals surface area contributed by atoms with E-state index in [9.17, 15) is 26.7 Å². The maximum Gasteiger partial charge on any atom is 0.418 e. The van der Waals surface area contributed by atoms with Gasteiger partial charge in [0.1, 0.15) is 5.69 Å². The maximum absolute atomic E-state index is 12.7. The van der Waals surface area contributed by atoms with E-state index in [4.69, 9.17) is 17.3 Å². The Morgan fingerprint density at radius 2 is 2.00 bits per heavy atom. The Morgan fingerprint density at radius 1 is 1.44 bits per heavy atom. The van der Waals surface area contributed by atoms with Crippen LogP contribution in [-0.2, 0) is 12.7 Å². The molecule has 1 heterocycles. The summed E-state index contributed by atoms with van der Waals surface area (Å²) in [5.74, 6) is 0. The molecule has 0 fully saturated rings. The monoisotopic (exact) mass is 288 g/mol. The summed E-state index contributed by atoms with van der Waals surface area (Å²) in [6.07, 6.45) is -7.98. The van der Waals surface area contributed by atoms with E-state index >= 15 is 0 Å². The SMILES string of the molecule is NCc1c(C(=O)Cl)cnc(C(F)F)c1C(F)(F)F. The largest absolute Gasteiger partial charge is 0.418 e. The predicted molar refractivity (Wildman–Crippen MR) is 52.3 cm³/mol. The summed E-state index contributed by atoms with van der Waals surface area (Å²) in [5.41, 5.74) is 0.488. The molecule has 0 unspecified atom stereocenters. The second kappa shape index (κ2) is 5.15. The summed E-state index contributed by atoms with van der Waals surface area (Å²) < 4.78 is 63.1. The number of pyridine rings is 1. The van der Waals surface area contributed by atoms with Crippen LogP contribution in [0, 0.1) is 0 Å². The van der Waals surface area contributed by atoms with Crippen LogP contribution >= 0.6 is 11.6 Å².